The van der Waals surface area contributed by atoms with Gasteiger partial charge in [0, 0.05) is 19.2 Å². The van der Waals surface area contributed by atoms with Crippen molar-refractivity contribution < 1.29 is 14.3 Å². The average Bonchev–Trinajstić information content (AvgIpc) is 3.29. The van der Waals surface area contributed by atoms with Crippen LogP contribution in [0, 0.1) is 5.92 Å². The van der Waals surface area contributed by atoms with Crippen molar-refractivity contribution in [3.63, 3.8) is 0 Å². The Morgan fingerprint density at radius 2 is 2.17 bits per heavy atom. The summed E-state index contributed by atoms with van der Waals surface area (Å²) in [7, 11) is 0. The Morgan fingerprint density at radius 3 is 2.96 bits per heavy atom. The van der Waals surface area contributed by atoms with Crippen molar-refractivity contribution in [2.45, 2.75) is 26.1 Å². The van der Waals surface area contributed by atoms with Crippen LogP contribution < -0.4 is 4.74 Å². The SMILES string of the molecule is O=C(C1CCOC1)N1CCn2nc(OCc3ccccc3)cc2C1. The average molecular weight is 327 g/mol. The fourth-order valence-electron chi connectivity index (χ4n) is 3.22. The summed E-state index contributed by atoms with van der Waals surface area (Å²) in [4.78, 5) is 14.4. The zero-order valence-corrected chi connectivity index (χ0v) is 13.6. The highest BCUT2D eigenvalue weighted by atomic mass is 16.5. The molecule has 1 fully saturated rings. The molecule has 1 amide bonds. The molecule has 3 heterocycles. The van der Waals surface area contributed by atoms with Crippen LogP contribution in [0.15, 0.2) is 36.4 Å². The van der Waals surface area contributed by atoms with Gasteiger partial charge in [-0.1, -0.05) is 30.3 Å². The van der Waals surface area contributed by atoms with E-state index >= 15 is 0 Å². The first kappa shape index (κ1) is 15.2. The predicted molar refractivity (Wildman–Crippen MR) is 87.3 cm³/mol. The summed E-state index contributed by atoms with van der Waals surface area (Å²) in [5, 5.41) is 4.49. The highest BCUT2D eigenvalue weighted by Gasteiger charge is 2.30. The Balaban J connectivity index is 1.39. The zero-order chi connectivity index (χ0) is 16.4. The van der Waals surface area contributed by atoms with E-state index in [4.69, 9.17) is 9.47 Å². The van der Waals surface area contributed by atoms with Crippen molar-refractivity contribution in [2.24, 2.45) is 5.92 Å². The molecule has 2 aromatic rings. The lowest BCUT2D eigenvalue weighted by Gasteiger charge is -2.29. The van der Waals surface area contributed by atoms with E-state index in [2.05, 4.69) is 5.10 Å². The molecular weight excluding hydrogens is 306 g/mol. The van der Waals surface area contributed by atoms with Gasteiger partial charge in [0.25, 0.3) is 0 Å². The first-order valence-corrected chi connectivity index (χ1v) is 8.39. The van der Waals surface area contributed by atoms with Crippen LogP contribution in [-0.4, -0.2) is 40.3 Å². The molecule has 1 saturated heterocycles. The molecule has 0 saturated carbocycles. The molecular formula is C18H21N3O3. The van der Waals surface area contributed by atoms with E-state index in [0.717, 1.165) is 17.7 Å². The van der Waals surface area contributed by atoms with E-state index in [1.165, 1.54) is 0 Å². The van der Waals surface area contributed by atoms with Crippen molar-refractivity contribution in [3.8, 4) is 5.88 Å². The third-order valence-corrected chi connectivity index (χ3v) is 4.60. The van der Waals surface area contributed by atoms with Crippen molar-refractivity contribution >= 4 is 5.91 Å². The Kier molecular flexibility index (Phi) is 4.21. The number of nitrogens with zero attached hydrogens (tertiary/aromatic N) is 3. The Morgan fingerprint density at radius 1 is 1.29 bits per heavy atom. The maximum atomic E-state index is 12.5. The first-order chi connectivity index (χ1) is 11.8. The van der Waals surface area contributed by atoms with Gasteiger partial charge in [-0.15, -0.1) is 5.10 Å². The van der Waals surface area contributed by atoms with Gasteiger partial charge in [-0.05, 0) is 12.0 Å². The molecule has 1 aromatic carbocycles. The van der Waals surface area contributed by atoms with Crippen LogP contribution in [-0.2, 0) is 29.2 Å². The fraction of sp³-hybridized carbons (Fsp3) is 0.444. The molecule has 1 unspecified atom stereocenters. The minimum atomic E-state index is 0.0215. The molecule has 0 bridgehead atoms. The first-order valence-electron chi connectivity index (χ1n) is 8.39. The van der Waals surface area contributed by atoms with Crippen LogP contribution in [0.5, 0.6) is 5.88 Å². The lowest BCUT2D eigenvalue weighted by Crippen LogP contribution is -2.41. The minimum Gasteiger partial charge on any atom is -0.472 e. The van der Waals surface area contributed by atoms with Crippen LogP contribution in [0.1, 0.15) is 17.7 Å². The van der Waals surface area contributed by atoms with Gasteiger partial charge in [-0.2, -0.15) is 0 Å². The van der Waals surface area contributed by atoms with Crippen LogP contribution >= 0.6 is 0 Å². The minimum absolute atomic E-state index is 0.0215. The van der Waals surface area contributed by atoms with Crippen molar-refractivity contribution in [3.05, 3.63) is 47.7 Å². The highest BCUT2D eigenvalue weighted by Crippen LogP contribution is 2.22. The highest BCUT2D eigenvalue weighted by molar-refractivity contribution is 5.79. The third-order valence-electron chi connectivity index (χ3n) is 4.60. The molecule has 4 rings (SSSR count). The topological polar surface area (TPSA) is 56.6 Å². The Hall–Kier alpha value is -2.34. The van der Waals surface area contributed by atoms with Gasteiger partial charge >= 0.3 is 0 Å². The lowest BCUT2D eigenvalue weighted by atomic mass is 10.1. The predicted octanol–water partition coefficient (Wildman–Crippen LogP) is 1.84. The molecule has 1 aromatic heterocycles. The molecule has 24 heavy (non-hydrogen) atoms. The quantitative estimate of drug-likeness (QED) is 0.860. The van der Waals surface area contributed by atoms with E-state index in [9.17, 15) is 4.79 Å². The number of benzene rings is 1. The fourth-order valence-corrected chi connectivity index (χ4v) is 3.22. The number of rotatable bonds is 4. The number of aromatic nitrogens is 2. The summed E-state index contributed by atoms with van der Waals surface area (Å²) in [5.74, 6) is 0.840. The van der Waals surface area contributed by atoms with Crippen molar-refractivity contribution in [2.75, 3.05) is 19.8 Å². The molecule has 0 spiro atoms. The molecule has 0 aliphatic carbocycles. The normalized spacial score (nSPS) is 20.0. The number of hydrogen-bond donors (Lipinski definition) is 0. The van der Waals surface area contributed by atoms with E-state index < -0.39 is 0 Å². The molecule has 6 heteroatoms. The standard InChI is InChI=1S/C18H21N3O3/c22-18(15-6-9-23-13-15)20-7-8-21-16(11-20)10-17(19-21)24-12-14-4-2-1-3-5-14/h1-5,10,15H,6-9,11-13H2. The monoisotopic (exact) mass is 327 g/mol. The summed E-state index contributed by atoms with van der Waals surface area (Å²) in [6.07, 6.45) is 0.833. The number of hydrogen-bond acceptors (Lipinski definition) is 4. The summed E-state index contributed by atoms with van der Waals surface area (Å²) in [5.41, 5.74) is 2.14. The maximum Gasteiger partial charge on any atom is 0.233 e. The summed E-state index contributed by atoms with van der Waals surface area (Å²) >= 11 is 0. The van der Waals surface area contributed by atoms with E-state index in [-0.39, 0.29) is 11.8 Å². The van der Waals surface area contributed by atoms with Crippen LogP contribution in [0.2, 0.25) is 0 Å². The largest absolute Gasteiger partial charge is 0.472 e. The van der Waals surface area contributed by atoms with Crippen LogP contribution in [0.3, 0.4) is 0 Å². The van der Waals surface area contributed by atoms with Gasteiger partial charge < -0.3 is 14.4 Å². The Bertz CT molecular complexity index is 708. The number of amides is 1. The molecule has 0 N–H and O–H groups in total. The van der Waals surface area contributed by atoms with Gasteiger partial charge in [0.15, 0.2) is 0 Å². The second-order valence-corrected chi connectivity index (χ2v) is 6.29. The Labute approximate surface area is 141 Å². The van der Waals surface area contributed by atoms with Crippen molar-refractivity contribution in [1.29, 1.82) is 0 Å². The second kappa shape index (κ2) is 6.65. The van der Waals surface area contributed by atoms with E-state index in [0.29, 0.717) is 45.3 Å². The molecule has 126 valence electrons. The van der Waals surface area contributed by atoms with Gasteiger partial charge in [0.2, 0.25) is 11.8 Å². The van der Waals surface area contributed by atoms with Crippen LogP contribution in [0.25, 0.3) is 0 Å². The van der Waals surface area contributed by atoms with Crippen LogP contribution in [0.4, 0.5) is 0 Å². The molecule has 2 aliphatic rings. The van der Waals surface area contributed by atoms with Gasteiger partial charge in [-0.3, -0.25) is 9.48 Å². The number of carbonyl (C=O) groups is 1. The van der Waals surface area contributed by atoms with Crippen molar-refractivity contribution in [1.82, 2.24) is 14.7 Å². The molecule has 6 nitrogen and oxygen atoms in total. The number of ether oxygens (including phenoxy) is 2. The molecule has 0 radical (unpaired) electrons. The number of fused-ring (bicyclic) bond motifs is 1. The maximum absolute atomic E-state index is 12.5. The van der Waals surface area contributed by atoms with E-state index in [1.54, 1.807) is 0 Å². The zero-order valence-electron chi connectivity index (χ0n) is 13.6. The molecule has 1 atom stereocenters. The second-order valence-electron chi connectivity index (χ2n) is 6.29. The van der Waals surface area contributed by atoms with Gasteiger partial charge in [0.05, 0.1) is 31.3 Å². The number of carbonyl (C=O) groups excluding carboxylic acids is 1. The lowest BCUT2D eigenvalue weighted by molar-refractivity contribution is -0.137. The third kappa shape index (κ3) is 3.14. The van der Waals surface area contributed by atoms with Gasteiger partial charge in [-0.25, -0.2) is 0 Å². The molecule has 2 aliphatic heterocycles. The van der Waals surface area contributed by atoms with Gasteiger partial charge in [0.1, 0.15) is 6.61 Å². The summed E-state index contributed by atoms with van der Waals surface area (Å²) in [6, 6.07) is 12.0. The smallest absolute Gasteiger partial charge is 0.233 e. The van der Waals surface area contributed by atoms with E-state index in [1.807, 2.05) is 46.0 Å². The summed E-state index contributed by atoms with van der Waals surface area (Å²) < 4.78 is 13.1. The summed E-state index contributed by atoms with van der Waals surface area (Å²) in [6.45, 7) is 3.75.